The van der Waals surface area contributed by atoms with Crippen LogP contribution in [0.15, 0.2) is 53.6 Å². The van der Waals surface area contributed by atoms with Gasteiger partial charge in [0.05, 0.1) is 10.7 Å². The molecule has 1 heterocycles. The first-order valence-corrected chi connectivity index (χ1v) is 10.2. The lowest BCUT2D eigenvalue weighted by molar-refractivity contribution is 0.0977. The lowest BCUT2D eigenvalue weighted by Crippen LogP contribution is -2.31. The second-order valence-corrected chi connectivity index (χ2v) is 8.53. The van der Waals surface area contributed by atoms with Crippen molar-refractivity contribution in [2.45, 2.75) is 4.90 Å². The van der Waals surface area contributed by atoms with Crippen LogP contribution >= 0.6 is 46.4 Å². The predicted molar refractivity (Wildman–Crippen MR) is 105 cm³/mol. The number of rotatable bonds is 4. The minimum atomic E-state index is -4.19. The molecule has 1 amide bonds. The van der Waals surface area contributed by atoms with Gasteiger partial charge in [0.15, 0.2) is 0 Å². The second-order valence-electron chi connectivity index (χ2n) is 5.26. The summed E-state index contributed by atoms with van der Waals surface area (Å²) in [6, 6.07) is 10.4. The highest BCUT2D eigenvalue weighted by atomic mass is 35.5. The molecule has 3 aromatic rings. The third-order valence-corrected chi connectivity index (χ3v) is 5.91. The van der Waals surface area contributed by atoms with Crippen molar-refractivity contribution in [3.05, 3.63) is 74.7 Å². The summed E-state index contributed by atoms with van der Waals surface area (Å²) in [6.07, 6.45) is 1.27. The topological polar surface area (TPSA) is 81.1 Å². The molecule has 0 aliphatic rings. The van der Waals surface area contributed by atoms with Gasteiger partial charge in [0.1, 0.15) is 10.6 Å². The largest absolute Gasteiger partial charge is 0.290 e. The molecule has 0 bridgehead atoms. The highest BCUT2D eigenvalue weighted by Crippen LogP contribution is 2.25. The van der Waals surface area contributed by atoms with Crippen molar-refractivity contribution in [1.29, 1.82) is 0 Å². The molecule has 6 nitrogen and oxygen atoms in total. The normalized spacial score (nSPS) is 11.4. The van der Waals surface area contributed by atoms with Crippen LogP contribution in [0.4, 0.5) is 0 Å². The first-order valence-electron chi connectivity index (χ1n) is 7.20. The van der Waals surface area contributed by atoms with Crippen molar-refractivity contribution in [1.82, 2.24) is 14.3 Å². The first kappa shape index (κ1) is 20.0. The smallest absolute Gasteiger partial charge is 0.285 e. The molecule has 0 aliphatic carbocycles. The van der Waals surface area contributed by atoms with Crippen molar-refractivity contribution >= 4 is 62.3 Å². The Kier molecular flexibility index (Phi) is 5.69. The zero-order chi connectivity index (χ0) is 19.8. The van der Waals surface area contributed by atoms with E-state index in [1.807, 2.05) is 4.72 Å². The zero-order valence-electron chi connectivity index (χ0n) is 13.2. The van der Waals surface area contributed by atoms with Gasteiger partial charge in [0, 0.05) is 16.2 Å². The summed E-state index contributed by atoms with van der Waals surface area (Å²) in [5.41, 5.74) is 0.240. The van der Waals surface area contributed by atoms with Crippen LogP contribution < -0.4 is 4.72 Å². The number of imidazole rings is 1. The highest BCUT2D eigenvalue weighted by Gasteiger charge is 2.23. The molecule has 0 fully saturated rings. The Labute approximate surface area is 174 Å². The maximum absolute atomic E-state index is 12.4. The van der Waals surface area contributed by atoms with Crippen LogP contribution in [0.5, 0.6) is 0 Å². The van der Waals surface area contributed by atoms with Crippen LogP contribution in [0.3, 0.4) is 0 Å². The van der Waals surface area contributed by atoms with Gasteiger partial charge in [0.2, 0.25) is 5.28 Å². The third kappa shape index (κ3) is 4.39. The van der Waals surface area contributed by atoms with E-state index in [-0.39, 0.29) is 20.9 Å². The van der Waals surface area contributed by atoms with E-state index in [1.165, 1.54) is 35.0 Å². The standard InChI is InChI=1S/C16H9Cl4N3O3S/c17-9-5-10(18)7-11(6-9)23-8-13(21-16(23)20)15(24)22-27(25,26)14-4-2-1-3-12(14)19/h1-8H,(H,22,24). The van der Waals surface area contributed by atoms with Crippen LogP contribution in [0.1, 0.15) is 10.5 Å². The number of aromatic nitrogens is 2. The Morgan fingerprint density at radius 3 is 2.26 bits per heavy atom. The van der Waals surface area contributed by atoms with Crippen molar-refractivity contribution < 1.29 is 13.2 Å². The van der Waals surface area contributed by atoms with Gasteiger partial charge < -0.3 is 0 Å². The number of nitrogens with zero attached hydrogens (tertiary/aromatic N) is 2. The molecule has 27 heavy (non-hydrogen) atoms. The summed E-state index contributed by atoms with van der Waals surface area (Å²) in [7, 11) is -4.19. The molecule has 0 saturated heterocycles. The van der Waals surface area contributed by atoms with Crippen molar-refractivity contribution in [3.63, 3.8) is 0 Å². The number of hydrogen-bond donors (Lipinski definition) is 1. The van der Waals surface area contributed by atoms with E-state index in [0.717, 1.165) is 0 Å². The van der Waals surface area contributed by atoms with Crippen LogP contribution in [-0.2, 0) is 10.0 Å². The second kappa shape index (κ2) is 7.69. The molecule has 0 unspecified atom stereocenters. The fourth-order valence-electron chi connectivity index (χ4n) is 2.22. The molecule has 1 N–H and O–H groups in total. The fourth-order valence-corrected chi connectivity index (χ4v) is 4.45. The summed E-state index contributed by atoms with van der Waals surface area (Å²) >= 11 is 23.9. The number of nitrogens with one attached hydrogen (secondary N) is 1. The molecular weight excluding hydrogens is 456 g/mol. The van der Waals surface area contributed by atoms with E-state index >= 15 is 0 Å². The lowest BCUT2D eigenvalue weighted by atomic mass is 10.3. The number of benzene rings is 2. The van der Waals surface area contributed by atoms with Gasteiger partial charge in [-0.3, -0.25) is 9.36 Å². The Morgan fingerprint density at radius 1 is 1.00 bits per heavy atom. The fraction of sp³-hybridized carbons (Fsp3) is 0. The van der Waals surface area contributed by atoms with Crippen molar-refractivity contribution in [2.75, 3.05) is 0 Å². The number of halogens is 4. The van der Waals surface area contributed by atoms with Gasteiger partial charge in [-0.1, -0.05) is 46.9 Å². The quantitative estimate of drug-likeness (QED) is 0.611. The van der Waals surface area contributed by atoms with Crippen LogP contribution in [0, 0.1) is 0 Å². The van der Waals surface area contributed by atoms with Gasteiger partial charge in [-0.05, 0) is 41.9 Å². The minimum Gasteiger partial charge on any atom is -0.290 e. The number of carbonyl (C=O) groups excluding carboxylic acids is 1. The number of sulfonamides is 1. The van der Waals surface area contributed by atoms with Gasteiger partial charge in [-0.15, -0.1) is 0 Å². The van der Waals surface area contributed by atoms with Crippen LogP contribution in [-0.4, -0.2) is 23.9 Å². The van der Waals surface area contributed by atoms with Gasteiger partial charge in [-0.2, -0.15) is 0 Å². The van der Waals surface area contributed by atoms with Crippen LogP contribution in [0.25, 0.3) is 5.69 Å². The molecule has 11 heteroatoms. The summed E-state index contributed by atoms with van der Waals surface area (Å²) in [5, 5.41) is 0.618. The molecule has 0 atom stereocenters. The van der Waals surface area contributed by atoms with E-state index in [9.17, 15) is 13.2 Å². The van der Waals surface area contributed by atoms with E-state index in [4.69, 9.17) is 46.4 Å². The zero-order valence-corrected chi connectivity index (χ0v) is 17.0. The van der Waals surface area contributed by atoms with E-state index in [0.29, 0.717) is 15.7 Å². The Balaban J connectivity index is 1.92. The molecule has 1 aromatic heterocycles. The monoisotopic (exact) mass is 463 g/mol. The van der Waals surface area contributed by atoms with E-state index in [1.54, 1.807) is 18.2 Å². The number of hydrogen-bond acceptors (Lipinski definition) is 4. The Hall–Kier alpha value is -1.77. The van der Waals surface area contributed by atoms with Gasteiger partial charge in [-0.25, -0.2) is 18.1 Å². The van der Waals surface area contributed by atoms with E-state index in [2.05, 4.69) is 4.98 Å². The average molecular weight is 465 g/mol. The maximum atomic E-state index is 12.4. The summed E-state index contributed by atoms with van der Waals surface area (Å²) in [5.74, 6) is -0.969. The molecule has 0 radical (unpaired) electrons. The Bertz CT molecular complexity index is 1130. The molecular formula is C16H9Cl4N3O3S. The van der Waals surface area contributed by atoms with Gasteiger partial charge >= 0.3 is 0 Å². The number of amides is 1. The highest BCUT2D eigenvalue weighted by molar-refractivity contribution is 7.90. The number of carbonyl (C=O) groups is 1. The molecule has 3 rings (SSSR count). The van der Waals surface area contributed by atoms with Gasteiger partial charge in [0.25, 0.3) is 15.9 Å². The molecule has 0 aliphatic heterocycles. The molecule has 0 spiro atoms. The summed E-state index contributed by atoms with van der Waals surface area (Å²) in [4.78, 5) is 16.0. The van der Waals surface area contributed by atoms with Crippen molar-refractivity contribution in [2.24, 2.45) is 0 Å². The lowest BCUT2D eigenvalue weighted by Gasteiger charge is -2.07. The first-order chi connectivity index (χ1) is 12.7. The average Bonchev–Trinajstić information content (AvgIpc) is 2.96. The molecule has 140 valence electrons. The minimum absolute atomic E-state index is 0.0186. The van der Waals surface area contributed by atoms with E-state index < -0.39 is 15.9 Å². The molecule has 0 saturated carbocycles. The van der Waals surface area contributed by atoms with Crippen LogP contribution in [0.2, 0.25) is 20.4 Å². The van der Waals surface area contributed by atoms with Crippen molar-refractivity contribution in [3.8, 4) is 5.69 Å². The predicted octanol–water partition coefficient (Wildman–Crippen LogP) is 4.60. The summed E-state index contributed by atoms with van der Waals surface area (Å²) in [6.45, 7) is 0. The Morgan fingerprint density at radius 2 is 1.63 bits per heavy atom. The third-order valence-electron chi connectivity index (χ3n) is 3.37. The molecule has 2 aromatic carbocycles. The SMILES string of the molecule is O=C(NS(=O)(=O)c1ccccc1Cl)c1cn(-c2cc(Cl)cc(Cl)c2)c(Cl)n1. The maximum Gasteiger partial charge on any atom is 0.285 e. The summed E-state index contributed by atoms with van der Waals surface area (Å²) < 4.78 is 28.0.